The van der Waals surface area contributed by atoms with Crippen LogP contribution in [0, 0.1) is 6.07 Å². The Morgan fingerprint density at radius 2 is 0.699 bits per heavy atom. The van der Waals surface area contributed by atoms with Crippen molar-refractivity contribution < 1.29 is 133 Å². The van der Waals surface area contributed by atoms with Crippen LogP contribution >= 0.6 is 0 Å². The third kappa shape index (κ3) is 25.2. The van der Waals surface area contributed by atoms with Crippen molar-refractivity contribution in [1.29, 1.82) is 0 Å². The smallest absolute Gasteiger partial charge is 0.490 e. The SMILES string of the molecule is CCCCCCCCCC[N+](CCCCCCCCCC)(C(C)OCCC)C(C)(OCCC)c1c(OB(Oc2cc(C(F)(F)F)cc(C(F)(F)F)c2)Oc2cc(C(F)(F)F)cc(C(F)(F)F)c2)cc(C(F)(F)F)cc1C(F)(F)F.FC(F)(F)c1c[c-]cc(C(F)(F)F)c1. The normalized spacial score (nSPS) is 14.1. The van der Waals surface area contributed by atoms with Crippen molar-refractivity contribution in [2.75, 3.05) is 26.3 Å². The Hall–Kier alpha value is -5.46. The Kier molecular flexibility index (Phi) is 30.3. The number of hydrogen-bond donors (Lipinski definition) is 0. The van der Waals surface area contributed by atoms with Crippen LogP contribution in [0.4, 0.5) is 105 Å². The molecule has 4 aromatic rings. The summed E-state index contributed by atoms with van der Waals surface area (Å²) in [4.78, 5) is 0. The molecule has 31 heteroatoms. The van der Waals surface area contributed by atoms with Crippen LogP contribution in [0.3, 0.4) is 0 Å². The van der Waals surface area contributed by atoms with Crippen molar-refractivity contribution in [2.45, 2.75) is 218 Å². The van der Waals surface area contributed by atoms with Crippen LogP contribution < -0.4 is 14.0 Å². The Balaban J connectivity index is 0.00000142. The fraction of sp³-hybridized carbons (Fsp3) is 0.613. The highest BCUT2D eigenvalue weighted by Crippen LogP contribution is 2.53. The lowest BCUT2D eigenvalue weighted by molar-refractivity contribution is -1.04. The fourth-order valence-electron chi connectivity index (χ4n) is 10.2. The second-order valence-electron chi connectivity index (χ2n) is 22.3. The number of alkyl halides is 24. The van der Waals surface area contributed by atoms with Gasteiger partial charge in [-0.1, -0.05) is 116 Å². The van der Waals surface area contributed by atoms with E-state index in [1.54, 1.807) is 19.9 Å². The van der Waals surface area contributed by atoms with Gasteiger partial charge in [-0.05, 0) is 87.1 Å². The monoisotopic (exact) mass is 1380 g/mol. The van der Waals surface area contributed by atoms with E-state index >= 15 is 26.3 Å². The number of halogens is 24. The van der Waals surface area contributed by atoms with Crippen LogP contribution in [0.1, 0.15) is 207 Å². The van der Waals surface area contributed by atoms with Gasteiger partial charge in [-0.25, -0.2) is 0 Å². The zero-order valence-electron chi connectivity index (χ0n) is 51.6. The highest BCUT2D eigenvalue weighted by atomic mass is 19.4. The molecule has 0 aliphatic rings. The van der Waals surface area contributed by atoms with Gasteiger partial charge in [0.2, 0.25) is 5.72 Å². The zero-order valence-corrected chi connectivity index (χ0v) is 51.6. The van der Waals surface area contributed by atoms with Gasteiger partial charge in [0.25, 0.3) is 0 Å². The molecule has 528 valence electrons. The maximum absolute atomic E-state index is 16.1. The molecule has 0 radical (unpaired) electrons. The predicted molar refractivity (Wildman–Crippen MR) is 297 cm³/mol. The Bertz CT molecular complexity index is 2690. The van der Waals surface area contributed by atoms with Gasteiger partial charge in [0.1, 0.15) is 17.2 Å². The summed E-state index contributed by atoms with van der Waals surface area (Å²) in [6.07, 6.45) is -32.4. The van der Waals surface area contributed by atoms with Crippen molar-refractivity contribution in [3.05, 3.63) is 123 Å². The molecule has 0 bridgehead atoms. The third-order valence-corrected chi connectivity index (χ3v) is 15.0. The molecule has 2 atom stereocenters. The lowest BCUT2D eigenvalue weighted by atomic mass is 9.88. The molecule has 0 aliphatic carbocycles. The van der Waals surface area contributed by atoms with Gasteiger partial charge < -0.3 is 23.4 Å². The second kappa shape index (κ2) is 34.5. The minimum Gasteiger partial charge on any atom is -0.490 e. The van der Waals surface area contributed by atoms with Gasteiger partial charge in [-0.15, -0.1) is 6.07 Å². The summed E-state index contributed by atoms with van der Waals surface area (Å²) in [5.74, 6) is -4.81. The quantitative estimate of drug-likeness (QED) is 0.0119. The molecule has 0 saturated heterocycles. The summed E-state index contributed by atoms with van der Waals surface area (Å²) >= 11 is 0. The van der Waals surface area contributed by atoms with Gasteiger partial charge in [-0.2, -0.15) is 124 Å². The summed E-state index contributed by atoms with van der Waals surface area (Å²) < 4.78 is 364. The van der Waals surface area contributed by atoms with Crippen LogP contribution in [0.5, 0.6) is 17.2 Å². The molecule has 0 N–H and O–H groups in total. The van der Waals surface area contributed by atoms with E-state index in [4.69, 9.17) is 23.4 Å². The lowest BCUT2D eigenvalue weighted by Crippen LogP contribution is -2.68. The molecule has 2 unspecified atom stereocenters. The average Bonchev–Trinajstić information content (AvgIpc) is 0.718. The number of nitrogens with zero attached hydrogens (tertiary/aromatic N) is 1. The molecule has 0 fully saturated rings. The number of hydrogen-bond acceptors (Lipinski definition) is 5. The minimum atomic E-state index is -5.81. The minimum absolute atomic E-state index is 0.0000604. The van der Waals surface area contributed by atoms with Crippen LogP contribution in [-0.4, -0.2) is 44.3 Å². The van der Waals surface area contributed by atoms with Crippen molar-refractivity contribution >= 4 is 7.32 Å². The maximum Gasteiger partial charge on any atom is 0.864 e. The first-order valence-corrected chi connectivity index (χ1v) is 30.0. The molecule has 4 rings (SSSR count). The first-order chi connectivity index (χ1) is 42.8. The Morgan fingerprint density at radius 3 is 1.02 bits per heavy atom. The average molecular weight is 1380 g/mol. The maximum atomic E-state index is 16.1. The van der Waals surface area contributed by atoms with E-state index in [0.717, 1.165) is 71.1 Å². The lowest BCUT2D eigenvalue weighted by Gasteiger charge is -2.55. The van der Waals surface area contributed by atoms with E-state index in [1.165, 1.54) is 6.92 Å². The molecule has 6 nitrogen and oxygen atoms in total. The summed E-state index contributed by atoms with van der Waals surface area (Å²) in [6, 6.07) is 1.11. The molecular weight excluding hydrogens is 1310 g/mol. The molecule has 0 amide bonds. The van der Waals surface area contributed by atoms with Crippen LogP contribution in [0.2, 0.25) is 0 Å². The van der Waals surface area contributed by atoms with Crippen LogP contribution in [0.25, 0.3) is 0 Å². The molecular formula is C62H74BF24NO5. The van der Waals surface area contributed by atoms with E-state index in [2.05, 4.69) is 0 Å². The zero-order chi connectivity index (χ0) is 70.7. The van der Waals surface area contributed by atoms with E-state index in [-0.39, 0.29) is 81.4 Å². The largest absolute Gasteiger partial charge is 0.864 e. The fourth-order valence-corrected chi connectivity index (χ4v) is 10.2. The van der Waals surface area contributed by atoms with Gasteiger partial charge >= 0.3 is 56.7 Å². The highest BCUT2D eigenvalue weighted by Gasteiger charge is 2.59. The first-order valence-electron chi connectivity index (χ1n) is 30.0. The van der Waals surface area contributed by atoms with Gasteiger partial charge in [0.05, 0.1) is 65.2 Å². The summed E-state index contributed by atoms with van der Waals surface area (Å²) in [6.45, 7) is 9.44. The molecule has 0 heterocycles. The van der Waals surface area contributed by atoms with E-state index in [9.17, 15) is 79.0 Å². The van der Waals surface area contributed by atoms with E-state index in [0.29, 0.717) is 44.2 Å². The Morgan fingerprint density at radius 1 is 0.376 bits per heavy atom. The second-order valence-corrected chi connectivity index (χ2v) is 22.3. The number of unbranched alkanes of at least 4 members (excludes halogenated alkanes) is 14. The van der Waals surface area contributed by atoms with Gasteiger partial charge in [-0.3, -0.25) is 4.48 Å². The molecule has 93 heavy (non-hydrogen) atoms. The standard InChI is InChI=1S/C54H71BF18NO5.C8H3F6/c1-7-11-13-15-17-19-21-23-25-74(37(5)75-27-9-3,26-24-22-20-18-16-14-12-8-2)48(6,76-28-10-4)47-45(54(71,72)73)35-42(53(68,69)70)36-46(47)79-55(77-43-31-38(49(56,57)58)29-39(32-43)50(59,60)61)78-44-33-40(51(62,63)64)30-41(34-44)52(65,66)67;9-7(10,11)5-2-1-3-6(4-5)8(12,13)14/h29-37H,7-28H2,1-6H3;2-4H/q+1;-1. The van der Waals surface area contributed by atoms with Crippen molar-refractivity contribution in [1.82, 2.24) is 0 Å². The van der Waals surface area contributed by atoms with E-state index in [1.807, 2.05) is 13.8 Å². The number of ether oxygens (including phenoxy) is 2. The summed E-state index contributed by atoms with van der Waals surface area (Å²) in [5, 5.41) is 0. The van der Waals surface area contributed by atoms with Crippen LogP contribution in [0.15, 0.2) is 66.7 Å². The van der Waals surface area contributed by atoms with Gasteiger partial charge in [0.15, 0.2) is 6.23 Å². The summed E-state index contributed by atoms with van der Waals surface area (Å²) in [5.41, 5.74) is -19.2. The molecule has 0 aromatic heterocycles. The molecule has 0 spiro atoms. The number of rotatable bonds is 33. The molecule has 4 aromatic carbocycles. The third-order valence-electron chi connectivity index (χ3n) is 15.0. The van der Waals surface area contributed by atoms with Crippen molar-refractivity contribution in [3.63, 3.8) is 0 Å². The number of benzene rings is 4. The summed E-state index contributed by atoms with van der Waals surface area (Å²) in [7, 11) is -3.39. The van der Waals surface area contributed by atoms with Crippen molar-refractivity contribution in [2.24, 2.45) is 0 Å². The topological polar surface area (TPSA) is 46.2 Å². The highest BCUT2D eigenvalue weighted by molar-refractivity contribution is 6.39. The molecule has 0 aliphatic heterocycles. The molecule has 0 saturated carbocycles. The van der Waals surface area contributed by atoms with E-state index < -0.39 is 159 Å². The van der Waals surface area contributed by atoms with Crippen molar-refractivity contribution in [3.8, 4) is 17.2 Å². The Labute approximate surface area is 524 Å². The van der Waals surface area contributed by atoms with Crippen LogP contribution in [-0.2, 0) is 64.6 Å². The predicted octanol–water partition coefficient (Wildman–Crippen LogP) is 23.3. The number of quaternary nitrogens is 1. The van der Waals surface area contributed by atoms with Gasteiger partial charge in [0, 0.05) is 13.8 Å². The first kappa shape index (κ1) is 81.8.